The first-order chi connectivity index (χ1) is 3.80. The topological polar surface area (TPSA) is 82.1 Å². The van der Waals surface area contributed by atoms with Gasteiger partial charge in [-0.05, 0) is 5.16 Å². The van der Waals surface area contributed by atoms with Crippen LogP contribution in [0, 0.1) is 16.4 Å². The van der Waals surface area contributed by atoms with Crippen molar-refractivity contribution < 1.29 is 9.45 Å². The molecule has 0 aliphatic rings. The lowest BCUT2D eigenvalue weighted by molar-refractivity contribution is -0.408. The Kier molecular flexibility index (Phi) is 0.918. The second kappa shape index (κ2) is 1.57. The van der Waals surface area contributed by atoms with E-state index in [9.17, 15) is 10.1 Å². The number of nitro groups is 1. The van der Waals surface area contributed by atoms with Crippen LogP contribution in [0.15, 0.2) is 4.52 Å². The van der Waals surface area contributed by atoms with E-state index in [1.54, 1.807) is 0 Å². The summed E-state index contributed by atoms with van der Waals surface area (Å²) >= 11 is 0. The highest BCUT2D eigenvalue weighted by atomic mass is 16.7. The second-order valence-electron chi connectivity index (χ2n) is 0.934. The molecule has 1 rings (SSSR count). The molecule has 1 aromatic rings. The summed E-state index contributed by atoms with van der Waals surface area (Å²) in [4.78, 5) is 11.9. The maximum absolute atomic E-state index is 9.65. The molecule has 0 saturated heterocycles. The average molecular weight is 114 g/mol. The summed E-state index contributed by atoms with van der Waals surface area (Å²) in [7, 11) is 0. The highest BCUT2D eigenvalue weighted by Gasteiger charge is 2.10. The van der Waals surface area contributed by atoms with Crippen LogP contribution in [0.1, 0.15) is 0 Å². The molecule has 1 heterocycles. The minimum atomic E-state index is -0.788. The van der Waals surface area contributed by atoms with E-state index < -0.39 is 10.9 Å². The molecule has 0 spiro atoms. The van der Waals surface area contributed by atoms with E-state index in [4.69, 9.17) is 0 Å². The van der Waals surface area contributed by atoms with Crippen LogP contribution in [0.5, 0.6) is 0 Å². The van der Waals surface area contributed by atoms with Crippen LogP contribution in [0.25, 0.3) is 0 Å². The van der Waals surface area contributed by atoms with Crippen LogP contribution in [0.4, 0.5) is 6.01 Å². The van der Waals surface area contributed by atoms with Crippen molar-refractivity contribution >= 4 is 6.01 Å². The van der Waals surface area contributed by atoms with Crippen molar-refractivity contribution in [3.05, 3.63) is 16.4 Å². The fraction of sp³-hybridized carbons (Fsp3) is 0. The standard InChI is InChI=1S/C2N3O3/c6-5(7)2-3-1-4-8-2. The van der Waals surface area contributed by atoms with Gasteiger partial charge in [-0.3, -0.25) is 4.52 Å². The Morgan fingerprint density at radius 1 is 1.88 bits per heavy atom. The molecule has 0 fully saturated rings. The van der Waals surface area contributed by atoms with Gasteiger partial charge in [-0.1, -0.05) is 0 Å². The third-order valence-corrected chi connectivity index (χ3v) is 0.470. The van der Waals surface area contributed by atoms with Gasteiger partial charge in [0.25, 0.3) is 0 Å². The maximum Gasteiger partial charge on any atom is 0.569 e. The van der Waals surface area contributed by atoms with Gasteiger partial charge in [0, 0.05) is 9.91 Å². The minimum Gasteiger partial charge on any atom is -0.355 e. The van der Waals surface area contributed by atoms with Gasteiger partial charge in [0.15, 0.2) is 0 Å². The first-order valence-corrected chi connectivity index (χ1v) is 1.65. The Morgan fingerprint density at radius 3 is 2.88 bits per heavy atom. The molecule has 0 amide bonds. The fourth-order valence-corrected chi connectivity index (χ4v) is 0.219. The molecule has 0 aliphatic carbocycles. The maximum atomic E-state index is 9.65. The van der Waals surface area contributed by atoms with E-state index in [2.05, 4.69) is 14.7 Å². The molecule has 0 aromatic carbocycles. The van der Waals surface area contributed by atoms with Crippen molar-refractivity contribution in [1.29, 1.82) is 0 Å². The molecule has 41 valence electrons. The van der Waals surface area contributed by atoms with Gasteiger partial charge >= 0.3 is 12.3 Å². The van der Waals surface area contributed by atoms with Gasteiger partial charge in [-0.2, -0.15) is 0 Å². The molecule has 1 radical (unpaired) electrons. The zero-order valence-corrected chi connectivity index (χ0v) is 3.57. The summed E-state index contributed by atoms with van der Waals surface area (Å²) in [5.41, 5.74) is 0. The quantitative estimate of drug-likeness (QED) is 0.372. The Bertz CT molecular complexity index is 180. The monoisotopic (exact) mass is 114 g/mol. The third kappa shape index (κ3) is 0.625. The third-order valence-electron chi connectivity index (χ3n) is 0.470. The van der Waals surface area contributed by atoms with Crippen molar-refractivity contribution in [2.24, 2.45) is 0 Å². The summed E-state index contributed by atoms with van der Waals surface area (Å²) in [6.45, 7) is 0. The number of hydrogen-bond acceptors (Lipinski definition) is 5. The largest absolute Gasteiger partial charge is 0.569 e. The number of nitrogens with zero attached hydrogens (tertiary/aromatic N) is 3. The fourth-order valence-electron chi connectivity index (χ4n) is 0.219. The normalized spacial score (nSPS) is 9.00. The van der Waals surface area contributed by atoms with Crippen LogP contribution in [0.2, 0.25) is 0 Å². The summed E-state index contributed by atoms with van der Waals surface area (Å²) in [6.07, 6.45) is 1.90. The SMILES string of the molecule is O=[N+]([O-])c1n[c]no1. The van der Waals surface area contributed by atoms with E-state index in [1.807, 2.05) is 6.33 Å². The van der Waals surface area contributed by atoms with E-state index in [1.165, 1.54) is 0 Å². The summed E-state index contributed by atoms with van der Waals surface area (Å²) in [6, 6.07) is -0.634. The number of rotatable bonds is 1. The van der Waals surface area contributed by atoms with Gasteiger partial charge in [0.2, 0.25) is 0 Å². The zero-order chi connectivity index (χ0) is 5.98. The molecule has 1 aromatic heterocycles. The van der Waals surface area contributed by atoms with Gasteiger partial charge in [0.1, 0.15) is 0 Å². The minimum absolute atomic E-state index is 0.634. The van der Waals surface area contributed by atoms with Gasteiger partial charge < -0.3 is 10.1 Å². The van der Waals surface area contributed by atoms with Crippen LogP contribution in [-0.2, 0) is 0 Å². The Hall–Kier alpha value is -1.46. The molecule has 0 unspecified atom stereocenters. The van der Waals surface area contributed by atoms with Gasteiger partial charge in [-0.15, -0.1) is 0 Å². The highest BCUT2D eigenvalue weighted by Crippen LogP contribution is 1.99. The first kappa shape index (κ1) is 4.69. The molecule has 0 saturated carbocycles. The lowest BCUT2D eigenvalue weighted by Crippen LogP contribution is -1.85. The average Bonchev–Trinajstić information content (AvgIpc) is 2.12. The lowest BCUT2D eigenvalue weighted by Gasteiger charge is -1.77. The number of aromatic nitrogens is 2. The van der Waals surface area contributed by atoms with Crippen molar-refractivity contribution in [3.63, 3.8) is 0 Å². The summed E-state index contributed by atoms with van der Waals surface area (Å²) in [5, 5.41) is 12.5. The summed E-state index contributed by atoms with van der Waals surface area (Å²) in [5.74, 6) is 0. The molecular weight excluding hydrogens is 114 g/mol. The van der Waals surface area contributed by atoms with Crippen LogP contribution in [-0.4, -0.2) is 15.1 Å². The predicted octanol–water partition coefficient (Wildman–Crippen LogP) is -0.222. The second-order valence-corrected chi connectivity index (χ2v) is 0.934. The van der Waals surface area contributed by atoms with Crippen molar-refractivity contribution in [2.45, 2.75) is 0 Å². The zero-order valence-electron chi connectivity index (χ0n) is 3.57. The van der Waals surface area contributed by atoms with Gasteiger partial charge in [-0.25, -0.2) is 0 Å². The van der Waals surface area contributed by atoms with Crippen LogP contribution < -0.4 is 0 Å². The molecule has 0 bridgehead atoms. The Labute approximate surface area is 43.3 Å². The van der Waals surface area contributed by atoms with E-state index >= 15 is 0 Å². The van der Waals surface area contributed by atoms with Crippen LogP contribution >= 0.6 is 0 Å². The van der Waals surface area contributed by atoms with Crippen LogP contribution in [0.3, 0.4) is 0 Å². The lowest BCUT2D eigenvalue weighted by atomic mass is 11.1. The summed E-state index contributed by atoms with van der Waals surface area (Å²) < 4.78 is 3.98. The van der Waals surface area contributed by atoms with E-state index in [-0.39, 0.29) is 0 Å². The Balaban J connectivity index is 2.93. The molecule has 0 atom stereocenters. The molecule has 6 nitrogen and oxygen atoms in total. The van der Waals surface area contributed by atoms with Crippen molar-refractivity contribution in [1.82, 2.24) is 10.1 Å². The van der Waals surface area contributed by atoms with E-state index in [0.717, 1.165) is 0 Å². The van der Waals surface area contributed by atoms with E-state index in [0.29, 0.717) is 0 Å². The smallest absolute Gasteiger partial charge is 0.355 e. The molecule has 8 heavy (non-hydrogen) atoms. The van der Waals surface area contributed by atoms with Crippen molar-refractivity contribution in [2.75, 3.05) is 0 Å². The first-order valence-electron chi connectivity index (χ1n) is 1.65. The predicted molar refractivity (Wildman–Crippen MR) is 19.8 cm³/mol. The highest BCUT2D eigenvalue weighted by molar-refractivity contribution is 4.87. The number of hydrogen-bond donors (Lipinski definition) is 0. The molecule has 0 N–H and O–H groups in total. The van der Waals surface area contributed by atoms with Gasteiger partial charge in [0.05, 0.1) is 0 Å². The molecule has 6 heteroatoms. The van der Waals surface area contributed by atoms with Crippen molar-refractivity contribution in [3.8, 4) is 0 Å². The molecular formula is C2N3O3. The Morgan fingerprint density at radius 2 is 2.62 bits per heavy atom. The molecule has 0 aliphatic heterocycles.